The smallest absolute Gasteiger partial charge is 0.279 e. The highest BCUT2D eigenvalue weighted by atomic mass is 32.2. The normalized spacial score (nSPS) is 13.6. The van der Waals surface area contributed by atoms with Crippen molar-refractivity contribution in [3.8, 4) is 11.6 Å². The molecular formula is C21H27N5O4S. The van der Waals surface area contributed by atoms with E-state index in [9.17, 15) is 9.00 Å². The molecule has 31 heavy (non-hydrogen) atoms. The van der Waals surface area contributed by atoms with E-state index in [0.717, 1.165) is 0 Å². The third kappa shape index (κ3) is 7.83. The Morgan fingerprint density at radius 3 is 2.65 bits per heavy atom. The Morgan fingerprint density at radius 2 is 2.03 bits per heavy atom. The van der Waals surface area contributed by atoms with E-state index in [1.54, 1.807) is 56.9 Å². The standard InChI is InChI=1S/C21H27N5O4S/c1-14(13-29-3)24-19-11-15(21(27)25-18(22)9-10-23-2)12-20(26-19)30-16-5-7-17(8-6-16)31(4)28/h5-12,14,23H,13H2,1-4H3,(H,24,26)(H2,22,25,27)/b10-9-. The fraction of sp³-hybridized carbons (Fsp3) is 0.286. The second-order valence-corrected chi connectivity index (χ2v) is 7.95. The second-order valence-electron chi connectivity index (χ2n) is 6.57. The zero-order valence-electron chi connectivity index (χ0n) is 17.9. The first-order valence-corrected chi connectivity index (χ1v) is 11.0. The van der Waals surface area contributed by atoms with Crippen LogP contribution in [0.15, 0.2) is 58.6 Å². The molecule has 1 aromatic carbocycles. The highest BCUT2D eigenvalue weighted by molar-refractivity contribution is 7.84. The van der Waals surface area contributed by atoms with Crippen LogP contribution in [-0.2, 0) is 15.5 Å². The first kappa shape index (κ1) is 24.0. The first-order valence-electron chi connectivity index (χ1n) is 9.43. The molecule has 166 valence electrons. The molecule has 0 spiro atoms. The SMILES string of the molecule is CN/C=C\C(N)=NC(=O)c1cc(NC(C)COC)nc(Oc2ccc(S(C)=O)cc2)c1. The lowest BCUT2D eigenvalue weighted by Gasteiger charge is -2.15. The van der Waals surface area contributed by atoms with Crippen molar-refractivity contribution in [2.45, 2.75) is 17.9 Å². The quantitative estimate of drug-likeness (QED) is 0.375. The van der Waals surface area contributed by atoms with Crippen LogP contribution < -0.4 is 21.1 Å². The molecule has 1 heterocycles. The number of hydrogen-bond acceptors (Lipinski definition) is 7. The molecule has 4 N–H and O–H groups in total. The molecule has 2 unspecified atom stereocenters. The number of ether oxygens (including phenoxy) is 2. The Kier molecular flexibility index (Phi) is 9.16. The number of nitrogens with zero attached hydrogens (tertiary/aromatic N) is 2. The summed E-state index contributed by atoms with van der Waals surface area (Å²) in [7, 11) is 2.22. The molecule has 0 saturated carbocycles. The molecule has 1 amide bonds. The predicted octanol–water partition coefficient (Wildman–Crippen LogP) is 2.29. The fourth-order valence-electron chi connectivity index (χ4n) is 2.51. The molecule has 2 aromatic rings. The van der Waals surface area contributed by atoms with Crippen LogP contribution >= 0.6 is 0 Å². The highest BCUT2D eigenvalue weighted by Gasteiger charge is 2.13. The molecule has 0 aliphatic heterocycles. The number of rotatable bonds is 10. The van der Waals surface area contributed by atoms with Crippen LogP contribution in [0.25, 0.3) is 0 Å². The lowest BCUT2D eigenvalue weighted by atomic mass is 10.2. The van der Waals surface area contributed by atoms with Crippen LogP contribution in [0.1, 0.15) is 17.3 Å². The van der Waals surface area contributed by atoms with E-state index in [1.807, 2.05) is 6.92 Å². The lowest BCUT2D eigenvalue weighted by molar-refractivity contribution is 0.100. The minimum absolute atomic E-state index is 0.0540. The maximum absolute atomic E-state index is 12.6. The van der Waals surface area contributed by atoms with Crippen molar-refractivity contribution < 1.29 is 18.5 Å². The maximum atomic E-state index is 12.6. The van der Waals surface area contributed by atoms with Crippen molar-refractivity contribution in [2.75, 3.05) is 32.3 Å². The zero-order chi connectivity index (χ0) is 22.8. The third-order valence-corrected chi connectivity index (χ3v) is 4.83. The van der Waals surface area contributed by atoms with Crippen LogP contribution in [-0.4, -0.2) is 54.0 Å². The Labute approximate surface area is 184 Å². The number of carbonyl (C=O) groups is 1. The van der Waals surface area contributed by atoms with E-state index < -0.39 is 16.7 Å². The van der Waals surface area contributed by atoms with Gasteiger partial charge in [-0.15, -0.1) is 0 Å². The average molecular weight is 446 g/mol. The summed E-state index contributed by atoms with van der Waals surface area (Å²) in [5, 5.41) is 5.94. The molecule has 0 radical (unpaired) electrons. The molecule has 0 aliphatic carbocycles. The van der Waals surface area contributed by atoms with Gasteiger partial charge in [-0.25, -0.2) is 0 Å². The summed E-state index contributed by atoms with van der Waals surface area (Å²) >= 11 is 0. The minimum atomic E-state index is -1.09. The number of nitrogens with two attached hydrogens (primary N) is 1. The number of benzene rings is 1. The van der Waals surface area contributed by atoms with Gasteiger partial charge in [0, 0.05) is 48.2 Å². The summed E-state index contributed by atoms with van der Waals surface area (Å²) in [5.74, 6) is 0.634. The number of carbonyl (C=O) groups excluding carboxylic acids is 1. The first-order chi connectivity index (χ1) is 14.8. The number of hydrogen-bond donors (Lipinski definition) is 3. The van der Waals surface area contributed by atoms with E-state index in [4.69, 9.17) is 15.2 Å². The Bertz CT molecular complexity index is 976. The Hall–Kier alpha value is -3.24. The van der Waals surface area contributed by atoms with E-state index in [1.165, 1.54) is 12.1 Å². The molecule has 2 rings (SSSR count). The number of aliphatic imine (C=N–C) groups is 1. The zero-order valence-corrected chi connectivity index (χ0v) is 18.7. The summed E-state index contributed by atoms with van der Waals surface area (Å²) in [6.45, 7) is 2.37. The van der Waals surface area contributed by atoms with Gasteiger partial charge in [-0.05, 0) is 49.5 Å². The van der Waals surface area contributed by atoms with Gasteiger partial charge in [0.2, 0.25) is 5.88 Å². The van der Waals surface area contributed by atoms with Crippen molar-refractivity contribution >= 4 is 28.4 Å². The maximum Gasteiger partial charge on any atom is 0.279 e. The second kappa shape index (κ2) is 11.8. The Balaban J connectivity index is 2.34. The van der Waals surface area contributed by atoms with Gasteiger partial charge in [-0.2, -0.15) is 9.98 Å². The summed E-state index contributed by atoms with van der Waals surface area (Å²) in [5.41, 5.74) is 6.01. The largest absolute Gasteiger partial charge is 0.439 e. The predicted molar refractivity (Wildman–Crippen MR) is 122 cm³/mol. The monoisotopic (exact) mass is 445 g/mol. The van der Waals surface area contributed by atoms with Gasteiger partial charge >= 0.3 is 0 Å². The number of methoxy groups -OCH3 is 1. The van der Waals surface area contributed by atoms with Crippen LogP contribution in [0.5, 0.6) is 11.6 Å². The number of pyridine rings is 1. The molecule has 9 nitrogen and oxygen atoms in total. The topological polar surface area (TPSA) is 128 Å². The fourth-order valence-corrected chi connectivity index (χ4v) is 3.03. The molecule has 0 fully saturated rings. The van der Waals surface area contributed by atoms with Gasteiger partial charge in [-0.1, -0.05) is 0 Å². The minimum Gasteiger partial charge on any atom is -0.439 e. The number of nitrogens with one attached hydrogen (secondary N) is 2. The van der Waals surface area contributed by atoms with Gasteiger partial charge in [0.05, 0.1) is 12.2 Å². The summed E-state index contributed by atoms with van der Waals surface area (Å²) in [4.78, 5) is 21.6. The molecule has 10 heteroatoms. The van der Waals surface area contributed by atoms with E-state index in [2.05, 4.69) is 20.6 Å². The van der Waals surface area contributed by atoms with E-state index >= 15 is 0 Å². The van der Waals surface area contributed by atoms with Crippen molar-refractivity contribution in [3.05, 3.63) is 54.2 Å². The lowest BCUT2D eigenvalue weighted by Crippen LogP contribution is -2.21. The Morgan fingerprint density at radius 1 is 1.32 bits per heavy atom. The van der Waals surface area contributed by atoms with Crippen LogP contribution in [0.3, 0.4) is 0 Å². The van der Waals surface area contributed by atoms with Crippen molar-refractivity contribution in [1.82, 2.24) is 10.3 Å². The molecule has 0 bridgehead atoms. The van der Waals surface area contributed by atoms with Crippen LogP contribution in [0, 0.1) is 0 Å². The summed E-state index contributed by atoms with van der Waals surface area (Å²) in [6, 6.07) is 9.79. The van der Waals surface area contributed by atoms with Gasteiger partial charge < -0.3 is 25.8 Å². The number of aromatic nitrogens is 1. The molecule has 0 aliphatic rings. The van der Waals surface area contributed by atoms with Gasteiger partial charge in [-0.3, -0.25) is 9.00 Å². The van der Waals surface area contributed by atoms with Crippen LogP contribution in [0.2, 0.25) is 0 Å². The summed E-state index contributed by atoms with van der Waals surface area (Å²) in [6.07, 6.45) is 4.65. The highest BCUT2D eigenvalue weighted by Crippen LogP contribution is 2.24. The van der Waals surface area contributed by atoms with Crippen LogP contribution in [0.4, 0.5) is 5.82 Å². The van der Waals surface area contributed by atoms with Gasteiger partial charge in [0.1, 0.15) is 17.4 Å². The molecule has 2 atom stereocenters. The van der Waals surface area contributed by atoms with Crippen molar-refractivity contribution in [3.63, 3.8) is 0 Å². The molecule has 1 aromatic heterocycles. The van der Waals surface area contributed by atoms with E-state index in [0.29, 0.717) is 23.1 Å². The number of anilines is 1. The molecule has 0 saturated heterocycles. The molecular weight excluding hydrogens is 418 g/mol. The average Bonchev–Trinajstić information content (AvgIpc) is 2.72. The van der Waals surface area contributed by atoms with Gasteiger partial charge in [0.15, 0.2) is 0 Å². The third-order valence-electron chi connectivity index (χ3n) is 3.89. The van der Waals surface area contributed by atoms with Crippen molar-refractivity contribution in [1.29, 1.82) is 0 Å². The summed E-state index contributed by atoms with van der Waals surface area (Å²) < 4.78 is 22.5. The number of amidine groups is 1. The van der Waals surface area contributed by atoms with E-state index in [-0.39, 0.29) is 23.3 Å². The number of amides is 1. The van der Waals surface area contributed by atoms with Crippen molar-refractivity contribution in [2.24, 2.45) is 10.7 Å². The van der Waals surface area contributed by atoms with Gasteiger partial charge in [0.25, 0.3) is 5.91 Å².